The number of nitrogens with zero attached hydrogens (tertiary/aromatic N) is 3. The van der Waals surface area contributed by atoms with Crippen LogP contribution < -0.4 is 10.2 Å². The van der Waals surface area contributed by atoms with Crippen LogP contribution in [-0.2, 0) is 4.79 Å². The van der Waals surface area contributed by atoms with Gasteiger partial charge in [-0.1, -0.05) is 6.07 Å². The second kappa shape index (κ2) is 7.30. The van der Waals surface area contributed by atoms with Gasteiger partial charge < -0.3 is 10.2 Å². The second-order valence-electron chi connectivity index (χ2n) is 6.26. The first-order valence-corrected chi connectivity index (χ1v) is 8.94. The van der Waals surface area contributed by atoms with Gasteiger partial charge in [0.15, 0.2) is 0 Å². The lowest BCUT2D eigenvalue weighted by atomic mass is 9.97. The molecule has 1 unspecified atom stereocenters. The third-order valence-corrected chi connectivity index (χ3v) is 4.90. The van der Waals surface area contributed by atoms with Gasteiger partial charge in [0, 0.05) is 29.5 Å². The van der Waals surface area contributed by atoms with E-state index >= 15 is 0 Å². The van der Waals surface area contributed by atoms with Gasteiger partial charge in [-0.3, -0.25) is 4.79 Å². The first kappa shape index (κ1) is 16.9. The minimum Gasteiger partial charge on any atom is -0.340 e. The summed E-state index contributed by atoms with van der Waals surface area (Å²) >= 11 is 3.51. The number of carbonyl (C=O) groups excluding carboxylic acids is 1. The van der Waals surface area contributed by atoms with Crippen LogP contribution in [0.2, 0.25) is 0 Å². The fraction of sp³-hybridized carbons (Fsp3) is 0.389. The van der Waals surface area contributed by atoms with E-state index in [-0.39, 0.29) is 11.8 Å². The van der Waals surface area contributed by atoms with Gasteiger partial charge in [0.05, 0.1) is 11.6 Å². The number of amides is 1. The predicted molar refractivity (Wildman–Crippen MR) is 99.2 cm³/mol. The summed E-state index contributed by atoms with van der Waals surface area (Å²) in [5.74, 6) is 0.706. The van der Waals surface area contributed by atoms with Crippen LogP contribution in [0.1, 0.15) is 24.1 Å². The molecule has 1 fully saturated rings. The van der Waals surface area contributed by atoms with Crippen molar-refractivity contribution >= 4 is 33.5 Å². The van der Waals surface area contributed by atoms with E-state index in [2.05, 4.69) is 36.1 Å². The Hall–Kier alpha value is -1.95. The average Bonchev–Trinajstić information content (AvgIpc) is 2.57. The van der Waals surface area contributed by atoms with Gasteiger partial charge in [-0.05, 0) is 66.4 Å². The Kier molecular flexibility index (Phi) is 5.14. The third kappa shape index (κ3) is 3.93. The highest BCUT2D eigenvalue weighted by atomic mass is 79.9. The highest BCUT2D eigenvalue weighted by Crippen LogP contribution is 2.26. The summed E-state index contributed by atoms with van der Waals surface area (Å²) in [6.45, 7) is 5.52. The predicted octanol–water partition coefficient (Wildman–Crippen LogP) is 3.71. The summed E-state index contributed by atoms with van der Waals surface area (Å²) in [7, 11) is 0. The van der Waals surface area contributed by atoms with E-state index in [0.29, 0.717) is 12.5 Å². The van der Waals surface area contributed by atoms with Crippen LogP contribution in [0, 0.1) is 19.8 Å². The van der Waals surface area contributed by atoms with Crippen LogP contribution >= 0.6 is 15.9 Å². The number of aromatic nitrogens is 2. The van der Waals surface area contributed by atoms with Crippen molar-refractivity contribution in [3.05, 3.63) is 46.2 Å². The number of hydrogen-bond acceptors (Lipinski definition) is 4. The number of aryl methyl sites for hydroxylation is 2. The van der Waals surface area contributed by atoms with E-state index in [1.807, 2.05) is 38.1 Å². The lowest BCUT2D eigenvalue weighted by Crippen LogP contribution is -2.41. The number of rotatable bonds is 3. The second-order valence-corrected chi connectivity index (χ2v) is 7.11. The van der Waals surface area contributed by atoms with E-state index in [9.17, 15) is 4.79 Å². The molecule has 1 N–H and O–H groups in total. The van der Waals surface area contributed by atoms with Crippen molar-refractivity contribution in [1.29, 1.82) is 0 Å². The van der Waals surface area contributed by atoms with E-state index in [4.69, 9.17) is 0 Å². The molecule has 6 heteroatoms. The van der Waals surface area contributed by atoms with Crippen molar-refractivity contribution in [2.45, 2.75) is 26.7 Å². The fourth-order valence-electron chi connectivity index (χ4n) is 2.92. The topological polar surface area (TPSA) is 58.1 Å². The molecule has 0 saturated carbocycles. The minimum atomic E-state index is -0.0592. The summed E-state index contributed by atoms with van der Waals surface area (Å²) in [5, 5.41) is 3.04. The number of benzene rings is 1. The summed E-state index contributed by atoms with van der Waals surface area (Å²) in [5.41, 5.74) is 2.91. The Morgan fingerprint density at radius 3 is 2.92 bits per heavy atom. The van der Waals surface area contributed by atoms with Crippen LogP contribution in [0.15, 0.2) is 34.9 Å². The molecule has 0 bridgehead atoms. The molecule has 0 aliphatic carbocycles. The summed E-state index contributed by atoms with van der Waals surface area (Å²) in [6, 6.07) is 7.81. The number of hydrogen-bond donors (Lipinski definition) is 1. The molecule has 1 aliphatic heterocycles. The normalized spacial score (nSPS) is 17.6. The maximum atomic E-state index is 12.6. The van der Waals surface area contributed by atoms with E-state index in [1.54, 1.807) is 6.20 Å². The first-order chi connectivity index (χ1) is 11.5. The molecular weight excluding hydrogens is 368 g/mol. The molecule has 0 spiro atoms. The Morgan fingerprint density at radius 2 is 2.17 bits per heavy atom. The summed E-state index contributed by atoms with van der Waals surface area (Å²) in [6.07, 6.45) is 3.62. The molecule has 3 rings (SSSR count). The van der Waals surface area contributed by atoms with Gasteiger partial charge in [-0.2, -0.15) is 0 Å². The standard InChI is InChI=1S/C18H21BrN4O/c1-12-5-6-16(15(19)10-12)22-17(24)14-4-3-9-23(11-14)18-20-8-7-13(2)21-18/h5-8,10,14H,3-4,9,11H2,1-2H3,(H,22,24). The Bertz CT molecular complexity index is 750. The molecule has 24 heavy (non-hydrogen) atoms. The van der Waals surface area contributed by atoms with Gasteiger partial charge in [0.1, 0.15) is 0 Å². The average molecular weight is 389 g/mol. The molecule has 2 aromatic rings. The molecule has 1 amide bonds. The van der Waals surface area contributed by atoms with E-state index < -0.39 is 0 Å². The number of anilines is 2. The summed E-state index contributed by atoms with van der Waals surface area (Å²) < 4.78 is 0.908. The fourth-order valence-corrected chi connectivity index (χ4v) is 3.51. The summed E-state index contributed by atoms with van der Waals surface area (Å²) in [4.78, 5) is 23.6. The van der Waals surface area contributed by atoms with Crippen LogP contribution in [0.4, 0.5) is 11.6 Å². The van der Waals surface area contributed by atoms with Gasteiger partial charge >= 0.3 is 0 Å². The number of halogens is 1. The molecule has 0 radical (unpaired) electrons. The molecule has 1 aromatic carbocycles. The van der Waals surface area contributed by atoms with Crippen molar-refractivity contribution in [3.63, 3.8) is 0 Å². The van der Waals surface area contributed by atoms with Crippen LogP contribution in [0.5, 0.6) is 0 Å². The number of piperidine rings is 1. The van der Waals surface area contributed by atoms with E-state index in [0.717, 1.165) is 40.8 Å². The maximum Gasteiger partial charge on any atom is 0.229 e. The molecule has 1 aliphatic rings. The van der Waals surface area contributed by atoms with Gasteiger partial charge in [-0.15, -0.1) is 0 Å². The Balaban J connectivity index is 1.69. The van der Waals surface area contributed by atoms with Crippen LogP contribution in [0.3, 0.4) is 0 Å². The smallest absolute Gasteiger partial charge is 0.229 e. The highest BCUT2D eigenvalue weighted by molar-refractivity contribution is 9.10. The first-order valence-electron chi connectivity index (χ1n) is 8.14. The lowest BCUT2D eigenvalue weighted by Gasteiger charge is -2.32. The lowest BCUT2D eigenvalue weighted by molar-refractivity contribution is -0.120. The molecule has 2 heterocycles. The molecule has 5 nitrogen and oxygen atoms in total. The molecule has 1 atom stereocenters. The van der Waals surface area contributed by atoms with Crippen molar-refractivity contribution in [1.82, 2.24) is 9.97 Å². The zero-order chi connectivity index (χ0) is 17.1. The quantitative estimate of drug-likeness (QED) is 0.870. The van der Waals surface area contributed by atoms with E-state index in [1.165, 1.54) is 0 Å². The zero-order valence-electron chi connectivity index (χ0n) is 13.9. The Labute approximate surface area is 150 Å². The zero-order valence-corrected chi connectivity index (χ0v) is 15.5. The number of carbonyl (C=O) groups is 1. The SMILES string of the molecule is Cc1ccc(NC(=O)C2CCCN(c3nccc(C)n3)C2)c(Br)c1. The van der Waals surface area contributed by atoms with Crippen molar-refractivity contribution in [3.8, 4) is 0 Å². The molecular formula is C18H21BrN4O. The van der Waals surface area contributed by atoms with Gasteiger partial charge in [0.25, 0.3) is 0 Å². The van der Waals surface area contributed by atoms with Crippen LogP contribution in [0.25, 0.3) is 0 Å². The maximum absolute atomic E-state index is 12.6. The minimum absolute atomic E-state index is 0.0527. The molecule has 1 saturated heterocycles. The van der Waals surface area contributed by atoms with Crippen LogP contribution in [-0.4, -0.2) is 29.0 Å². The molecule has 1 aromatic heterocycles. The highest BCUT2D eigenvalue weighted by Gasteiger charge is 2.27. The van der Waals surface area contributed by atoms with Crippen molar-refractivity contribution in [2.24, 2.45) is 5.92 Å². The monoisotopic (exact) mass is 388 g/mol. The van der Waals surface area contributed by atoms with Gasteiger partial charge in [0.2, 0.25) is 11.9 Å². The van der Waals surface area contributed by atoms with Crippen molar-refractivity contribution < 1.29 is 4.79 Å². The molecule has 126 valence electrons. The Morgan fingerprint density at radius 1 is 1.33 bits per heavy atom. The largest absolute Gasteiger partial charge is 0.340 e. The van der Waals surface area contributed by atoms with Gasteiger partial charge in [-0.25, -0.2) is 9.97 Å². The van der Waals surface area contributed by atoms with Crippen molar-refractivity contribution in [2.75, 3.05) is 23.3 Å². The number of nitrogens with one attached hydrogen (secondary N) is 1. The third-order valence-electron chi connectivity index (χ3n) is 4.24.